The van der Waals surface area contributed by atoms with Crippen molar-refractivity contribution >= 4 is 45.7 Å². The molecule has 8 nitrogen and oxygen atoms in total. The summed E-state index contributed by atoms with van der Waals surface area (Å²) in [4.78, 5) is 35.4. The maximum Gasteiger partial charge on any atom is 0.275 e. The Morgan fingerprint density at radius 3 is 2.64 bits per heavy atom. The summed E-state index contributed by atoms with van der Waals surface area (Å²) in [6.45, 7) is 1.61. The van der Waals surface area contributed by atoms with E-state index in [1.165, 1.54) is 11.0 Å². The quantitative estimate of drug-likeness (QED) is 0.243. The average molecular weight is 587 g/mol. The highest BCUT2D eigenvalue weighted by Gasteiger charge is 2.41. The smallest absolute Gasteiger partial charge is 0.275 e. The highest BCUT2D eigenvalue weighted by atomic mass is 35.5. The van der Waals surface area contributed by atoms with Gasteiger partial charge in [-0.15, -0.1) is 0 Å². The number of para-hydroxylation sites is 3. The van der Waals surface area contributed by atoms with Crippen molar-refractivity contribution < 1.29 is 18.4 Å². The van der Waals surface area contributed by atoms with Gasteiger partial charge in [-0.05, 0) is 49.4 Å². The third kappa shape index (κ3) is 5.28. The molecular weight excluding hydrogens is 562 g/mol. The summed E-state index contributed by atoms with van der Waals surface area (Å²) in [5.41, 5.74) is 3.07. The molecule has 3 aromatic carbocycles. The lowest BCUT2D eigenvalue weighted by atomic mass is 9.97. The third-order valence-electron chi connectivity index (χ3n) is 7.09. The van der Waals surface area contributed by atoms with E-state index in [1.807, 2.05) is 37.3 Å². The molecule has 0 bridgehead atoms. The number of nitrogens with one attached hydrogen (secondary N) is 2. The van der Waals surface area contributed by atoms with E-state index in [1.54, 1.807) is 47.3 Å². The minimum absolute atomic E-state index is 0.0295. The Labute approximate surface area is 244 Å². The molecule has 0 saturated carbocycles. The van der Waals surface area contributed by atoms with Gasteiger partial charge >= 0.3 is 0 Å². The molecule has 3 heterocycles. The number of aromatic amines is 1. The summed E-state index contributed by atoms with van der Waals surface area (Å²) >= 11 is 6.52. The molecular formula is C31H25ClF2N6O2. The lowest BCUT2D eigenvalue weighted by Gasteiger charge is -2.23. The first kappa shape index (κ1) is 27.3. The van der Waals surface area contributed by atoms with Gasteiger partial charge in [-0.25, -0.2) is 18.4 Å². The molecule has 1 aliphatic rings. The third-order valence-corrected chi connectivity index (χ3v) is 7.40. The number of aromatic nitrogens is 4. The summed E-state index contributed by atoms with van der Waals surface area (Å²) < 4.78 is 32.8. The van der Waals surface area contributed by atoms with Crippen LogP contribution < -0.4 is 10.2 Å². The molecule has 0 fully saturated rings. The lowest BCUT2D eigenvalue weighted by molar-refractivity contribution is -0.116. The average Bonchev–Trinajstić information content (AvgIpc) is 3.58. The molecule has 2 N–H and O–H groups in total. The maximum absolute atomic E-state index is 15.6. The minimum Gasteiger partial charge on any atom is -0.345 e. The SMILES string of the molecule is Cc1ccn(-c2ccc(C(=O)N3CCC(F)(F)/C(=C\C(=O)NCc4nc5ccccc5[nH]4)c4ccccc43)c(Cl)c2)n1. The Bertz CT molecular complexity index is 1830. The predicted molar refractivity (Wildman–Crippen MR) is 157 cm³/mol. The van der Waals surface area contributed by atoms with Crippen molar-refractivity contribution in [2.45, 2.75) is 25.8 Å². The number of fused-ring (bicyclic) bond motifs is 2. The van der Waals surface area contributed by atoms with Crippen molar-refractivity contribution in [3.05, 3.63) is 113 Å². The van der Waals surface area contributed by atoms with Crippen molar-refractivity contribution in [2.24, 2.45) is 0 Å². The number of amides is 2. The van der Waals surface area contributed by atoms with E-state index in [9.17, 15) is 9.59 Å². The zero-order valence-electron chi connectivity index (χ0n) is 22.4. The van der Waals surface area contributed by atoms with Crippen molar-refractivity contribution in [2.75, 3.05) is 11.4 Å². The van der Waals surface area contributed by atoms with E-state index in [2.05, 4.69) is 20.4 Å². The van der Waals surface area contributed by atoms with Gasteiger partial charge in [0.25, 0.3) is 11.8 Å². The molecule has 2 amide bonds. The minimum atomic E-state index is -3.38. The van der Waals surface area contributed by atoms with Crippen LogP contribution in [0.2, 0.25) is 5.02 Å². The predicted octanol–water partition coefficient (Wildman–Crippen LogP) is 6.10. The second-order valence-electron chi connectivity index (χ2n) is 9.97. The van der Waals surface area contributed by atoms with Crippen LogP contribution in [0.1, 0.15) is 33.9 Å². The number of carbonyl (C=O) groups excluding carboxylic acids is 2. The largest absolute Gasteiger partial charge is 0.345 e. The van der Waals surface area contributed by atoms with E-state index in [0.717, 1.165) is 22.8 Å². The fourth-order valence-corrected chi connectivity index (χ4v) is 5.26. The van der Waals surface area contributed by atoms with Crippen LogP contribution in [0.25, 0.3) is 22.3 Å². The van der Waals surface area contributed by atoms with E-state index in [0.29, 0.717) is 11.5 Å². The summed E-state index contributed by atoms with van der Waals surface area (Å²) in [6.07, 6.45) is 2.00. The number of allylic oxidation sites excluding steroid dienone is 1. The number of carbonyl (C=O) groups is 2. The van der Waals surface area contributed by atoms with E-state index in [-0.39, 0.29) is 34.9 Å². The highest BCUT2D eigenvalue weighted by molar-refractivity contribution is 6.34. The number of benzene rings is 3. The summed E-state index contributed by atoms with van der Waals surface area (Å²) in [7, 11) is 0. The fraction of sp³-hybridized carbons (Fsp3) is 0.161. The van der Waals surface area contributed by atoms with Gasteiger partial charge < -0.3 is 15.2 Å². The number of rotatable bonds is 5. The van der Waals surface area contributed by atoms with Crippen molar-refractivity contribution in [3.8, 4) is 5.69 Å². The molecule has 6 rings (SSSR count). The van der Waals surface area contributed by atoms with Gasteiger partial charge in [0.1, 0.15) is 5.82 Å². The number of halogens is 3. The molecule has 1 aliphatic heterocycles. The molecule has 5 aromatic rings. The van der Waals surface area contributed by atoms with Gasteiger partial charge in [-0.1, -0.05) is 41.9 Å². The first-order chi connectivity index (χ1) is 20.2. The highest BCUT2D eigenvalue weighted by Crippen LogP contribution is 2.43. The van der Waals surface area contributed by atoms with Crippen LogP contribution in [0.5, 0.6) is 0 Å². The molecule has 0 radical (unpaired) electrons. The Hall–Kier alpha value is -4.83. The van der Waals surface area contributed by atoms with Crippen LogP contribution in [0, 0.1) is 6.92 Å². The number of imidazole rings is 1. The van der Waals surface area contributed by atoms with E-state index >= 15 is 8.78 Å². The number of alkyl halides is 2. The maximum atomic E-state index is 15.6. The molecule has 212 valence electrons. The Morgan fingerprint density at radius 2 is 1.88 bits per heavy atom. The molecule has 0 atom stereocenters. The first-order valence-electron chi connectivity index (χ1n) is 13.2. The van der Waals surface area contributed by atoms with E-state index < -0.39 is 29.7 Å². The van der Waals surface area contributed by atoms with Gasteiger partial charge in [0, 0.05) is 36.4 Å². The van der Waals surface area contributed by atoms with Crippen LogP contribution in [-0.2, 0) is 11.3 Å². The zero-order chi connectivity index (χ0) is 29.4. The van der Waals surface area contributed by atoms with Crippen molar-refractivity contribution in [1.29, 1.82) is 0 Å². The second kappa shape index (κ2) is 10.9. The van der Waals surface area contributed by atoms with Crippen LogP contribution in [0.15, 0.2) is 85.1 Å². The van der Waals surface area contributed by atoms with Crippen LogP contribution in [0.4, 0.5) is 14.5 Å². The lowest BCUT2D eigenvalue weighted by Crippen LogP contribution is -2.33. The van der Waals surface area contributed by atoms with E-state index in [4.69, 9.17) is 11.6 Å². The molecule has 11 heteroatoms. The van der Waals surface area contributed by atoms with Gasteiger partial charge in [-0.3, -0.25) is 9.59 Å². The van der Waals surface area contributed by atoms with Gasteiger partial charge in [-0.2, -0.15) is 5.10 Å². The summed E-state index contributed by atoms with van der Waals surface area (Å²) in [5.74, 6) is -4.11. The number of H-pyrrole nitrogens is 1. The van der Waals surface area contributed by atoms with Crippen LogP contribution >= 0.6 is 11.6 Å². The number of nitrogens with zero attached hydrogens (tertiary/aromatic N) is 4. The molecule has 2 aromatic heterocycles. The second-order valence-corrected chi connectivity index (χ2v) is 10.4. The number of anilines is 1. The normalized spacial score (nSPS) is 15.4. The molecule has 0 spiro atoms. The van der Waals surface area contributed by atoms with Gasteiger partial charge in [0.15, 0.2) is 0 Å². The van der Waals surface area contributed by atoms with Gasteiger partial charge in [0.2, 0.25) is 5.91 Å². The topological polar surface area (TPSA) is 95.9 Å². The van der Waals surface area contributed by atoms with Crippen molar-refractivity contribution in [1.82, 2.24) is 25.1 Å². The zero-order valence-corrected chi connectivity index (χ0v) is 23.2. The van der Waals surface area contributed by atoms with Crippen LogP contribution in [0.3, 0.4) is 0 Å². The Morgan fingerprint density at radius 1 is 1.10 bits per heavy atom. The summed E-state index contributed by atoms with van der Waals surface area (Å²) in [6, 6.07) is 20.4. The molecule has 0 aliphatic carbocycles. The standard InChI is InChI=1S/C31H25ClF2N6O2/c1-19-12-14-40(38-19)20-10-11-22(24(32)16-20)30(42)39-15-13-31(33,34)23(21-6-2-5-9-27(21)39)17-29(41)35-18-28-36-25-7-3-4-8-26(25)37-28/h2-12,14,16-17H,13,15,18H2,1H3,(H,35,41)(H,36,37)/b23-17-. The molecule has 0 unspecified atom stereocenters. The molecule has 0 saturated heterocycles. The Kier molecular flexibility index (Phi) is 7.07. The van der Waals surface area contributed by atoms with Crippen molar-refractivity contribution in [3.63, 3.8) is 0 Å². The van der Waals surface area contributed by atoms with Crippen LogP contribution in [-0.4, -0.2) is 44.0 Å². The number of aryl methyl sites for hydroxylation is 1. The number of hydrogen-bond donors (Lipinski definition) is 2. The number of hydrogen-bond acceptors (Lipinski definition) is 4. The Balaban J connectivity index is 1.28. The molecule has 42 heavy (non-hydrogen) atoms. The summed E-state index contributed by atoms with van der Waals surface area (Å²) in [5, 5.41) is 7.15. The monoisotopic (exact) mass is 586 g/mol. The fourth-order valence-electron chi connectivity index (χ4n) is 5.00. The van der Waals surface area contributed by atoms with Gasteiger partial charge in [0.05, 0.1) is 45.2 Å². The first-order valence-corrected chi connectivity index (χ1v) is 13.6.